The summed E-state index contributed by atoms with van der Waals surface area (Å²) in [5.41, 5.74) is 0. The molecular weight excluding hydrogens is 272 g/mol. The van der Waals surface area contributed by atoms with Gasteiger partial charge in [0.15, 0.2) is 0 Å². The third-order valence-electron chi connectivity index (χ3n) is 3.98. The predicted molar refractivity (Wildman–Crippen MR) is 77.5 cm³/mol. The van der Waals surface area contributed by atoms with Gasteiger partial charge in [-0.1, -0.05) is 0 Å². The summed E-state index contributed by atoms with van der Waals surface area (Å²) in [6.07, 6.45) is 3.16. The fraction of sp³-hybridized carbons (Fsp3) is 0.786. The predicted octanol–water partition coefficient (Wildman–Crippen LogP) is -1.06. The van der Waals surface area contributed by atoms with E-state index in [1.54, 1.807) is 11.8 Å². The van der Waals surface area contributed by atoms with Crippen molar-refractivity contribution < 1.29 is 14.4 Å². The summed E-state index contributed by atoms with van der Waals surface area (Å²) >= 11 is 0. The maximum Gasteiger partial charge on any atom is 0.311 e. The minimum absolute atomic E-state index is 0.101. The Balaban J connectivity index is 1.82. The Morgan fingerprint density at radius 1 is 0.952 bits per heavy atom. The van der Waals surface area contributed by atoms with Crippen molar-refractivity contribution in [2.45, 2.75) is 32.2 Å². The van der Waals surface area contributed by atoms with Gasteiger partial charge in [0.05, 0.1) is 0 Å². The van der Waals surface area contributed by atoms with Gasteiger partial charge in [0, 0.05) is 39.3 Å². The number of piperidine rings is 1. The van der Waals surface area contributed by atoms with E-state index in [-0.39, 0.29) is 5.91 Å². The molecule has 2 N–H and O–H groups in total. The lowest BCUT2D eigenvalue weighted by Crippen LogP contribution is -2.55. The van der Waals surface area contributed by atoms with Gasteiger partial charge in [-0.15, -0.1) is 0 Å². The van der Waals surface area contributed by atoms with Crippen LogP contribution in [0.15, 0.2) is 0 Å². The first-order valence-corrected chi connectivity index (χ1v) is 7.69. The van der Waals surface area contributed by atoms with E-state index in [2.05, 4.69) is 10.6 Å². The van der Waals surface area contributed by atoms with E-state index < -0.39 is 17.9 Å². The van der Waals surface area contributed by atoms with E-state index >= 15 is 0 Å². The lowest BCUT2D eigenvalue weighted by molar-refractivity contribution is -0.147. The van der Waals surface area contributed by atoms with Crippen LogP contribution in [0.3, 0.4) is 0 Å². The molecule has 0 radical (unpaired) electrons. The van der Waals surface area contributed by atoms with Crippen LogP contribution in [0.25, 0.3) is 0 Å². The van der Waals surface area contributed by atoms with E-state index in [0.29, 0.717) is 26.2 Å². The van der Waals surface area contributed by atoms with Gasteiger partial charge in [-0.2, -0.15) is 0 Å². The number of hydrogen-bond acceptors (Lipinski definition) is 4. The van der Waals surface area contributed by atoms with Crippen molar-refractivity contribution >= 4 is 17.7 Å². The molecule has 0 aromatic heterocycles. The van der Waals surface area contributed by atoms with Crippen molar-refractivity contribution in [3.63, 3.8) is 0 Å². The molecule has 0 saturated carbocycles. The number of carbonyl (C=O) groups excluding carboxylic acids is 3. The summed E-state index contributed by atoms with van der Waals surface area (Å²) in [5, 5.41) is 5.66. The molecule has 2 aliphatic rings. The van der Waals surface area contributed by atoms with Crippen LogP contribution in [0.5, 0.6) is 0 Å². The minimum atomic E-state index is -0.685. The van der Waals surface area contributed by atoms with E-state index in [1.165, 1.54) is 4.90 Å². The summed E-state index contributed by atoms with van der Waals surface area (Å²) < 4.78 is 0. The van der Waals surface area contributed by atoms with Gasteiger partial charge in [-0.05, 0) is 26.2 Å². The topological polar surface area (TPSA) is 81.8 Å². The van der Waals surface area contributed by atoms with Gasteiger partial charge < -0.3 is 20.4 Å². The van der Waals surface area contributed by atoms with Crippen LogP contribution in [0.4, 0.5) is 0 Å². The number of nitrogens with zero attached hydrogens (tertiary/aromatic N) is 2. The van der Waals surface area contributed by atoms with Crippen LogP contribution in [-0.2, 0) is 14.4 Å². The van der Waals surface area contributed by atoms with Crippen molar-refractivity contribution in [1.29, 1.82) is 0 Å². The monoisotopic (exact) mass is 296 g/mol. The Labute approximate surface area is 125 Å². The molecule has 2 fully saturated rings. The van der Waals surface area contributed by atoms with Crippen molar-refractivity contribution in [1.82, 2.24) is 20.4 Å². The highest BCUT2D eigenvalue weighted by Gasteiger charge is 2.28. The van der Waals surface area contributed by atoms with Gasteiger partial charge in [0.1, 0.15) is 6.04 Å². The Kier molecular flexibility index (Phi) is 5.55. The molecule has 0 aromatic carbocycles. The number of hydrogen-bond donors (Lipinski definition) is 2. The first kappa shape index (κ1) is 15.8. The molecule has 0 bridgehead atoms. The highest BCUT2D eigenvalue weighted by molar-refractivity contribution is 6.35. The van der Waals surface area contributed by atoms with Gasteiger partial charge >= 0.3 is 11.8 Å². The Morgan fingerprint density at radius 2 is 1.57 bits per heavy atom. The minimum Gasteiger partial charge on any atom is -0.341 e. The second-order valence-corrected chi connectivity index (χ2v) is 5.62. The number of likely N-dealkylation sites (tertiary alicyclic amines) is 1. The summed E-state index contributed by atoms with van der Waals surface area (Å²) in [7, 11) is 0. The second-order valence-electron chi connectivity index (χ2n) is 5.62. The first-order chi connectivity index (χ1) is 10.1. The molecule has 3 amide bonds. The standard InChI is InChI=1S/C14H24N4O3/c1-11(13(20)17-7-3-2-4-8-17)16-12(19)14(21)18-9-5-15-6-10-18/h11,15H,2-10H2,1H3,(H,16,19). The zero-order valence-corrected chi connectivity index (χ0v) is 12.6. The maximum absolute atomic E-state index is 12.2. The van der Waals surface area contributed by atoms with Crippen molar-refractivity contribution in [2.24, 2.45) is 0 Å². The Morgan fingerprint density at radius 3 is 2.19 bits per heavy atom. The number of nitrogens with one attached hydrogen (secondary N) is 2. The molecule has 2 aliphatic heterocycles. The van der Waals surface area contributed by atoms with Gasteiger partial charge in [0.2, 0.25) is 5.91 Å². The summed E-state index contributed by atoms with van der Waals surface area (Å²) in [6, 6.07) is -0.650. The van der Waals surface area contributed by atoms with Crippen molar-refractivity contribution in [3.05, 3.63) is 0 Å². The first-order valence-electron chi connectivity index (χ1n) is 7.69. The molecule has 2 saturated heterocycles. The van der Waals surface area contributed by atoms with Crippen LogP contribution in [0, 0.1) is 0 Å². The normalized spacial score (nSPS) is 20.8. The molecule has 0 aliphatic carbocycles. The van der Waals surface area contributed by atoms with E-state index in [1.807, 2.05) is 0 Å². The van der Waals surface area contributed by atoms with Crippen LogP contribution in [0.2, 0.25) is 0 Å². The van der Waals surface area contributed by atoms with Crippen LogP contribution >= 0.6 is 0 Å². The summed E-state index contributed by atoms with van der Waals surface area (Å²) in [4.78, 5) is 39.4. The number of carbonyl (C=O) groups is 3. The molecule has 2 rings (SSSR count). The highest BCUT2D eigenvalue weighted by Crippen LogP contribution is 2.10. The number of amides is 3. The smallest absolute Gasteiger partial charge is 0.311 e. The summed E-state index contributed by atoms with van der Waals surface area (Å²) in [6.45, 7) is 5.57. The summed E-state index contributed by atoms with van der Waals surface area (Å²) in [5.74, 6) is -1.33. The largest absolute Gasteiger partial charge is 0.341 e. The molecule has 1 atom stereocenters. The second kappa shape index (κ2) is 7.40. The molecule has 2 heterocycles. The fourth-order valence-corrected chi connectivity index (χ4v) is 2.72. The van der Waals surface area contributed by atoms with E-state index in [4.69, 9.17) is 0 Å². The quantitative estimate of drug-likeness (QED) is 0.636. The average molecular weight is 296 g/mol. The molecule has 0 aromatic rings. The zero-order chi connectivity index (χ0) is 15.2. The lowest BCUT2D eigenvalue weighted by Gasteiger charge is -2.30. The van der Waals surface area contributed by atoms with E-state index in [9.17, 15) is 14.4 Å². The Hall–Kier alpha value is -1.63. The van der Waals surface area contributed by atoms with Crippen molar-refractivity contribution in [3.8, 4) is 0 Å². The SMILES string of the molecule is CC(NC(=O)C(=O)N1CCNCC1)C(=O)N1CCCCC1. The highest BCUT2D eigenvalue weighted by atomic mass is 16.2. The third-order valence-corrected chi connectivity index (χ3v) is 3.98. The molecule has 0 spiro atoms. The maximum atomic E-state index is 12.2. The number of piperazine rings is 1. The molecule has 118 valence electrons. The molecule has 21 heavy (non-hydrogen) atoms. The van der Waals surface area contributed by atoms with Crippen LogP contribution in [-0.4, -0.2) is 72.8 Å². The average Bonchev–Trinajstić information content (AvgIpc) is 2.55. The lowest BCUT2D eigenvalue weighted by atomic mass is 10.1. The van der Waals surface area contributed by atoms with Crippen LogP contribution < -0.4 is 10.6 Å². The number of rotatable bonds is 2. The molecule has 1 unspecified atom stereocenters. The van der Waals surface area contributed by atoms with Gasteiger partial charge in [0.25, 0.3) is 0 Å². The Bertz CT molecular complexity index is 401. The van der Waals surface area contributed by atoms with Crippen LogP contribution in [0.1, 0.15) is 26.2 Å². The van der Waals surface area contributed by atoms with Gasteiger partial charge in [-0.3, -0.25) is 14.4 Å². The van der Waals surface area contributed by atoms with E-state index in [0.717, 1.165) is 32.4 Å². The van der Waals surface area contributed by atoms with Gasteiger partial charge in [-0.25, -0.2) is 0 Å². The zero-order valence-electron chi connectivity index (χ0n) is 12.6. The molecule has 7 heteroatoms. The third kappa shape index (κ3) is 4.17. The fourth-order valence-electron chi connectivity index (χ4n) is 2.72. The van der Waals surface area contributed by atoms with Crippen molar-refractivity contribution in [2.75, 3.05) is 39.3 Å². The molecule has 7 nitrogen and oxygen atoms in total. The molecular formula is C14H24N4O3.